The molecule has 2 saturated heterocycles. The monoisotopic (exact) mass is 356 g/mol. The van der Waals surface area contributed by atoms with E-state index in [-0.39, 0.29) is 11.6 Å². The summed E-state index contributed by atoms with van der Waals surface area (Å²) < 4.78 is 0. The van der Waals surface area contributed by atoms with E-state index < -0.39 is 0 Å². The molecule has 0 radical (unpaired) electrons. The van der Waals surface area contributed by atoms with E-state index in [2.05, 4.69) is 15.3 Å². The quantitative estimate of drug-likeness (QED) is 0.768. The molecule has 0 spiro atoms. The van der Waals surface area contributed by atoms with Crippen molar-refractivity contribution < 1.29 is 4.79 Å². The summed E-state index contributed by atoms with van der Waals surface area (Å²) in [5, 5.41) is 3.58. The molecular formula is C20H28N4O2. The molecule has 1 amide bonds. The normalized spacial score (nSPS) is 21.5. The van der Waals surface area contributed by atoms with Crippen molar-refractivity contribution in [3.05, 3.63) is 34.2 Å². The van der Waals surface area contributed by atoms with Gasteiger partial charge in [0.25, 0.3) is 0 Å². The van der Waals surface area contributed by atoms with Crippen LogP contribution in [0.1, 0.15) is 44.1 Å². The number of carbonyl (C=O) groups is 1. The first-order valence-corrected chi connectivity index (χ1v) is 9.89. The molecule has 2 fully saturated rings. The van der Waals surface area contributed by atoms with Crippen LogP contribution in [0.4, 0.5) is 0 Å². The molecule has 4 rings (SSSR count). The molecule has 0 unspecified atom stereocenters. The zero-order chi connectivity index (χ0) is 17.9. The molecular weight excluding hydrogens is 328 g/mol. The summed E-state index contributed by atoms with van der Waals surface area (Å²) in [6.45, 7) is 2.94. The fourth-order valence-electron chi connectivity index (χ4n) is 4.39. The van der Waals surface area contributed by atoms with Crippen molar-refractivity contribution in [2.75, 3.05) is 19.6 Å². The van der Waals surface area contributed by atoms with E-state index in [0.717, 1.165) is 54.5 Å². The zero-order valence-corrected chi connectivity index (χ0v) is 15.2. The van der Waals surface area contributed by atoms with Gasteiger partial charge in [-0.25, -0.2) is 4.79 Å². The second-order valence-electron chi connectivity index (χ2n) is 7.83. The standard InChI is InChI=1S/C20H28N4O2/c25-19(13-15-4-6-17-18(12-15)23-20(26)22-17)24-10-7-14(8-11-24)3-5-16-2-1-9-21-16/h4,6,12,14,16,21H,1-3,5,7-11,13H2,(H2,22,23,26)/t16-/m1/s1. The van der Waals surface area contributed by atoms with E-state index in [4.69, 9.17) is 0 Å². The summed E-state index contributed by atoms with van der Waals surface area (Å²) in [7, 11) is 0. The summed E-state index contributed by atoms with van der Waals surface area (Å²) >= 11 is 0. The molecule has 0 aliphatic carbocycles. The number of likely N-dealkylation sites (tertiary alicyclic amines) is 1. The third-order valence-electron chi connectivity index (χ3n) is 5.99. The van der Waals surface area contributed by atoms with Gasteiger partial charge in [-0.15, -0.1) is 0 Å². The Balaban J connectivity index is 1.26. The lowest BCUT2D eigenvalue weighted by atomic mass is 9.90. The highest BCUT2D eigenvalue weighted by molar-refractivity contribution is 5.81. The SMILES string of the molecule is O=C(Cc1ccc2[nH]c(=O)[nH]c2c1)N1CCC(CC[C@H]2CCCN2)CC1. The van der Waals surface area contributed by atoms with Crippen molar-refractivity contribution in [3.8, 4) is 0 Å². The van der Waals surface area contributed by atoms with Crippen molar-refractivity contribution >= 4 is 16.9 Å². The Hall–Kier alpha value is -2.08. The maximum absolute atomic E-state index is 12.6. The average molecular weight is 356 g/mol. The summed E-state index contributed by atoms with van der Waals surface area (Å²) in [5.41, 5.74) is 2.29. The van der Waals surface area contributed by atoms with Crippen LogP contribution in [0, 0.1) is 5.92 Å². The molecule has 1 aromatic heterocycles. The predicted octanol–water partition coefficient (Wildman–Crippen LogP) is 2.17. The van der Waals surface area contributed by atoms with Crippen LogP contribution in [0.3, 0.4) is 0 Å². The summed E-state index contributed by atoms with van der Waals surface area (Å²) in [6.07, 6.45) is 7.88. The number of nitrogens with zero attached hydrogens (tertiary/aromatic N) is 1. The van der Waals surface area contributed by atoms with Crippen LogP contribution < -0.4 is 11.0 Å². The van der Waals surface area contributed by atoms with E-state index in [1.807, 2.05) is 23.1 Å². The maximum Gasteiger partial charge on any atom is 0.323 e. The van der Waals surface area contributed by atoms with Crippen LogP contribution in [0.15, 0.2) is 23.0 Å². The van der Waals surface area contributed by atoms with Crippen LogP contribution in [0.25, 0.3) is 11.0 Å². The van der Waals surface area contributed by atoms with Gasteiger partial charge in [0.15, 0.2) is 0 Å². The number of hydrogen-bond donors (Lipinski definition) is 3. The predicted molar refractivity (Wildman–Crippen MR) is 102 cm³/mol. The lowest BCUT2D eigenvalue weighted by molar-refractivity contribution is -0.131. The molecule has 6 heteroatoms. The number of benzene rings is 1. The molecule has 3 heterocycles. The largest absolute Gasteiger partial charge is 0.342 e. The molecule has 2 aliphatic heterocycles. The first kappa shape index (κ1) is 17.3. The number of rotatable bonds is 5. The third-order valence-corrected chi connectivity index (χ3v) is 5.99. The van der Waals surface area contributed by atoms with Crippen LogP contribution in [-0.2, 0) is 11.2 Å². The molecule has 0 saturated carbocycles. The molecule has 1 aromatic carbocycles. The number of fused-ring (bicyclic) bond motifs is 1. The highest BCUT2D eigenvalue weighted by Gasteiger charge is 2.24. The van der Waals surface area contributed by atoms with E-state index in [9.17, 15) is 9.59 Å². The molecule has 3 N–H and O–H groups in total. The minimum Gasteiger partial charge on any atom is -0.342 e. The number of imidazole rings is 1. The van der Waals surface area contributed by atoms with Crippen molar-refractivity contribution in [1.82, 2.24) is 20.2 Å². The number of carbonyl (C=O) groups excluding carboxylic acids is 1. The molecule has 140 valence electrons. The molecule has 26 heavy (non-hydrogen) atoms. The number of piperidine rings is 1. The van der Waals surface area contributed by atoms with Crippen LogP contribution in [0.5, 0.6) is 0 Å². The van der Waals surface area contributed by atoms with Gasteiger partial charge in [0.1, 0.15) is 0 Å². The Bertz CT molecular complexity index is 811. The number of amides is 1. The van der Waals surface area contributed by atoms with Gasteiger partial charge in [0.2, 0.25) is 5.91 Å². The fourth-order valence-corrected chi connectivity index (χ4v) is 4.39. The Morgan fingerprint density at radius 3 is 2.65 bits per heavy atom. The van der Waals surface area contributed by atoms with Gasteiger partial charge < -0.3 is 20.2 Å². The van der Waals surface area contributed by atoms with E-state index in [1.54, 1.807) is 0 Å². The highest BCUT2D eigenvalue weighted by atomic mass is 16.2. The van der Waals surface area contributed by atoms with Crippen molar-refractivity contribution in [2.24, 2.45) is 5.92 Å². The summed E-state index contributed by atoms with van der Waals surface area (Å²) in [5.74, 6) is 0.959. The van der Waals surface area contributed by atoms with Gasteiger partial charge in [-0.2, -0.15) is 0 Å². The van der Waals surface area contributed by atoms with Gasteiger partial charge in [-0.3, -0.25) is 4.79 Å². The fraction of sp³-hybridized carbons (Fsp3) is 0.600. The number of H-pyrrole nitrogens is 2. The minimum absolute atomic E-state index is 0.193. The second kappa shape index (κ2) is 7.66. The topological polar surface area (TPSA) is 81.0 Å². The average Bonchev–Trinajstić information content (AvgIpc) is 3.28. The molecule has 1 atom stereocenters. The molecule has 2 aromatic rings. The van der Waals surface area contributed by atoms with E-state index in [0.29, 0.717) is 6.42 Å². The zero-order valence-electron chi connectivity index (χ0n) is 15.2. The smallest absolute Gasteiger partial charge is 0.323 e. The second-order valence-corrected chi connectivity index (χ2v) is 7.83. The Kier molecular flexibility index (Phi) is 5.11. The van der Waals surface area contributed by atoms with E-state index >= 15 is 0 Å². The minimum atomic E-state index is -0.210. The van der Waals surface area contributed by atoms with Gasteiger partial charge in [-0.05, 0) is 68.7 Å². The Morgan fingerprint density at radius 2 is 1.88 bits per heavy atom. The number of nitrogens with one attached hydrogen (secondary N) is 3. The van der Waals surface area contributed by atoms with Crippen molar-refractivity contribution in [2.45, 2.75) is 51.0 Å². The Labute approximate surface area is 153 Å². The molecule has 0 bridgehead atoms. The van der Waals surface area contributed by atoms with Crippen LogP contribution in [0.2, 0.25) is 0 Å². The highest BCUT2D eigenvalue weighted by Crippen LogP contribution is 2.25. The van der Waals surface area contributed by atoms with Crippen LogP contribution in [-0.4, -0.2) is 46.5 Å². The van der Waals surface area contributed by atoms with Gasteiger partial charge in [-0.1, -0.05) is 6.07 Å². The lowest BCUT2D eigenvalue weighted by Gasteiger charge is -2.32. The van der Waals surface area contributed by atoms with E-state index in [1.165, 1.54) is 32.2 Å². The Morgan fingerprint density at radius 1 is 1.08 bits per heavy atom. The van der Waals surface area contributed by atoms with Gasteiger partial charge in [0.05, 0.1) is 17.5 Å². The van der Waals surface area contributed by atoms with Crippen molar-refractivity contribution in [3.63, 3.8) is 0 Å². The van der Waals surface area contributed by atoms with Gasteiger partial charge in [0, 0.05) is 19.1 Å². The molecule has 2 aliphatic rings. The number of aromatic nitrogens is 2. The number of aromatic amines is 2. The first-order valence-electron chi connectivity index (χ1n) is 9.89. The van der Waals surface area contributed by atoms with Gasteiger partial charge >= 0.3 is 5.69 Å². The van der Waals surface area contributed by atoms with Crippen molar-refractivity contribution in [1.29, 1.82) is 0 Å². The lowest BCUT2D eigenvalue weighted by Crippen LogP contribution is -2.39. The summed E-state index contributed by atoms with van der Waals surface area (Å²) in [6, 6.07) is 6.40. The number of hydrogen-bond acceptors (Lipinski definition) is 3. The third kappa shape index (κ3) is 4.01. The first-order chi connectivity index (χ1) is 12.7. The summed E-state index contributed by atoms with van der Waals surface area (Å²) in [4.78, 5) is 31.5. The molecule has 6 nitrogen and oxygen atoms in total. The van der Waals surface area contributed by atoms with Crippen LogP contribution >= 0.6 is 0 Å². The maximum atomic E-state index is 12.6.